The summed E-state index contributed by atoms with van der Waals surface area (Å²) >= 11 is 0. The van der Waals surface area contributed by atoms with Crippen LogP contribution in [0, 0.1) is 0 Å². The highest BCUT2D eigenvalue weighted by molar-refractivity contribution is 5.82. The van der Waals surface area contributed by atoms with Crippen molar-refractivity contribution in [1.29, 1.82) is 0 Å². The highest BCUT2D eigenvalue weighted by Gasteiger charge is 2.17. The normalized spacial score (nSPS) is 10.0. The van der Waals surface area contributed by atoms with Crippen molar-refractivity contribution in [1.82, 2.24) is 4.90 Å². The van der Waals surface area contributed by atoms with Gasteiger partial charge in [-0.2, -0.15) is 0 Å². The molecule has 0 saturated carbocycles. The van der Waals surface area contributed by atoms with Gasteiger partial charge < -0.3 is 19.5 Å². The fourth-order valence-electron chi connectivity index (χ4n) is 1.40. The quantitative estimate of drug-likeness (QED) is 0.576. The van der Waals surface area contributed by atoms with Gasteiger partial charge in [-0.1, -0.05) is 0 Å². The molecule has 0 unspecified atom stereocenters. The van der Waals surface area contributed by atoms with Crippen LogP contribution in [0.5, 0.6) is 0 Å². The Balaban J connectivity index is 4.25. The number of esters is 1. The maximum Gasteiger partial charge on any atom is 0.325 e. The molecule has 0 aromatic heterocycles. The Hall–Kier alpha value is -1.63. The van der Waals surface area contributed by atoms with Crippen LogP contribution in [0.4, 0.5) is 0 Å². The van der Waals surface area contributed by atoms with E-state index < -0.39 is 11.9 Å². The lowest BCUT2D eigenvalue weighted by atomic mass is 10.2. The van der Waals surface area contributed by atoms with Gasteiger partial charge in [0.25, 0.3) is 0 Å². The van der Waals surface area contributed by atoms with Crippen LogP contribution in [-0.2, 0) is 23.9 Å². The van der Waals surface area contributed by atoms with Crippen molar-refractivity contribution >= 4 is 17.8 Å². The number of carboxylic acid groups (broad SMARTS) is 1. The van der Waals surface area contributed by atoms with Gasteiger partial charge in [-0.05, 0) is 13.3 Å². The maximum atomic E-state index is 11.8. The molecule has 0 aromatic carbocycles. The molecule has 0 fully saturated rings. The van der Waals surface area contributed by atoms with Crippen molar-refractivity contribution in [2.75, 3.05) is 33.4 Å². The number of methoxy groups -OCH3 is 1. The topological polar surface area (TPSA) is 93.1 Å². The lowest BCUT2D eigenvalue weighted by molar-refractivity contribution is -0.149. The van der Waals surface area contributed by atoms with Crippen molar-refractivity contribution < 1.29 is 29.0 Å². The monoisotopic (exact) mass is 275 g/mol. The fraction of sp³-hybridized carbons (Fsp3) is 0.750. The number of carboxylic acids is 1. The minimum absolute atomic E-state index is 0.0662. The third-order valence-electron chi connectivity index (χ3n) is 2.32. The number of carbonyl (C=O) groups is 3. The third-order valence-corrected chi connectivity index (χ3v) is 2.32. The standard InChI is InChI=1S/C12H21NO6/c1-3-19-12(17)9-13(7-8-18-2)10(14)5-4-6-11(15)16/h3-9H2,1-2H3,(H,15,16). The predicted molar refractivity (Wildman–Crippen MR) is 66.6 cm³/mol. The van der Waals surface area contributed by atoms with E-state index in [9.17, 15) is 14.4 Å². The Bertz CT molecular complexity index is 305. The van der Waals surface area contributed by atoms with Crippen molar-refractivity contribution in [3.05, 3.63) is 0 Å². The van der Waals surface area contributed by atoms with Gasteiger partial charge in [-0.15, -0.1) is 0 Å². The maximum absolute atomic E-state index is 11.8. The summed E-state index contributed by atoms with van der Waals surface area (Å²) in [5.41, 5.74) is 0. The molecule has 0 heterocycles. The summed E-state index contributed by atoms with van der Waals surface area (Å²) in [4.78, 5) is 34.9. The zero-order valence-corrected chi connectivity index (χ0v) is 11.4. The van der Waals surface area contributed by atoms with E-state index in [2.05, 4.69) is 0 Å². The number of hydrogen-bond acceptors (Lipinski definition) is 5. The summed E-state index contributed by atoms with van der Waals surface area (Å²) in [6, 6.07) is 0. The first kappa shape index (κ1) is 17.4. The van der Waals surface area contributed by atoms with Crippen LogP contribution in [0.25, 0.3) is 0 Å². The first-order chi connectivity index (χ1) is 9.01. The van der Waals surface area contributed by atoms with Gasteiger partial charge in [0.2, 0.25) is 5.91 Å². The molecule has 0 saturated heterocycles. The molecular weight excluding hydrogens is 254 g/mol. The molecule has 1 amide bonds. The summed E-state index contributed by atoms with van der Waals surface area (Å²) in [5, 5.41) is 8.50. The van der Waals surface area contributed by atoms with Crippen LogP contribution < -0.4 is 0 Å². The summed E-state index contributed by atoms with van der Waals surface area (Å²) in [7, 11) is 1.50. The second-order valence-electron chi connectivity index (χ2n) is 3.86. The molecular formula is C12H21NO6. The SMILES string of the molecule is CCOC(=O)CN(CCOC)C(=O)CCCC(=O)O. The van der Waals surface area contributed by atoms with Gasteiger partial charge in [-0.3, -0.25) is 14.4 Å². The molecule has 0 spiro atoms. The average Bonchev–Trinajstić information content (AvgIpc) is 2.34. The molecule has 0 bridgehead atoms. The first-order valence-electron chi connectivity index (χ1n) is 6.15. The number of nitrogens with zero attached hydrogens (tertiary/aromatic N) is 1. The molecule has 0 atom stereocenters. The van der Waals surface area contributed by atoms with Gasteiger partial charge >= 0.3 is 11.9 Å². The number of amides is 1. The van der Waals surface area contributed by atoms with Crippen LogP contribution in [0.3, 0.4) is 0 Å². The van der Waals surface area contributed by atoms with Gasteiger partial charge in [0.15, 0.2) is 0 Å². The zero-order valence-electron chi connectivity index (χ0n) is 11.4. The molecule has 110 valence electrons. The molecule has 7 nitrogen and oxygen atoms in total. The number of aliphatic carboxylic acids is 1. The van der Waals surface area contributed by atoms with Crippen LogP contribution in [0.1, 0.15) is 26.2 Å². The molecule has 0 aromatic rings. The van der Waals surface area contributed by atoms with E-state index in [1.165, 1.54) is 12.0 Å². The Kier molecular flexibility index (Phi) is 9.42. The van der Waals surface area contributed by atoms with E-state index in [1.54, 1.807) is 6.92 Å². The Labute approximate surface area is 112 Å². The van der Waals surface area contributed by atoms with E-state index in [-0.39, 0.29) is 44.9 Å². The average molecular weight is 275 g/mol. The van der Waals surface area contributed by atoms with E-state index >= 15 is 0 Å². The number of hydrogen-bond donors (Lipinski definition) is 1. The smallest absolute Gasteiger partial charge is 0.325 e. The number of rotatable bonds is 10. The van der Waals surface area contributed by atoms with Crippen LogP contribution >= 0.6 is 0 Å². The number of carbonyl (C=O) groups excluding carboxylic acids is 2. The van der Waals surface area contributed by atoms with Crippen molar-refractivity contribution in [2.24, 2.45) is 0 Å². The van der Waals surface area contributed by atoms with Gasteiger partial charge in [0, 0.05) is 26.5 Å². The molecule has 0 aliphatic heterocycles. The largest absolute Gasteiger partial charge is 0.481 e. The minimum Gasteiger partial charge on any atom is -0.481 e. The third kappa shape index (κ3) is 9.01. The Morgan fingerprint density at radius 2 is 1.89 bits per heavy atom. The molecule has 0 aliphatic carbocycles. The van der Waals surface area contributed by atoms with E-state index in [0.29, 0.717) is 6.61 Å². The second-order valence-corrected chi connectivity index (χ2v) is 3.86. The lowest BCUT2D eigenvalue weighted by Gasteiger charge is -2.21. The minimum atomic E-state index is -0.943. The van der Waals surface area contributed by atoms with Crippen molar-refractivity contribution in [2.45, 2.75) is 26.2 Å². The van der Waals surface area contributed by atoms with Crippen LogP contribution in [0.2, 0.25) is 0 Å². The zero-order chi connectivity index (χ0) is 14.7. The van der Waals surface area contributed by atoms with Crippen molar-refractivity contribution in [3.8, 4) is 0 Å². The second kappa shape index (κ2) is 10.3. The predicted octanol–water partition coefficient (Wildman–Crippen LogP) is 0.279. The van der Waals surface area contributed by atoms with Gasteiger partial charge in [0.05, 0.1) is 13.2 Å². The van der Waals surface area contributed by atoms with E-state index in [0.717, 1.165) is 0 Å². The number of ether oxygens (including phenoxy) is 2. The van der Waals surface area contributed by atoms with Gasteiger partial charge in [-0.25, -0.2) is 0 Å². The van der Waals surface area contributed by atoms with E-state index in [1.807, 2.05) is 0 Å². The Morgan fingerprint density at radius 1 is 1.21 bits per heavy atom. The lowest BCUT2D eigenvalue weighted by Crippen LogP contribution is -2.38. The Morgan fingerprint density at radius 3 is 2.42 bits per heavy atom. The van der Waals surface area contributed by atoms with Crippen LogP contribution in [0.15, 0.2) is 0 Å². The molecule has 7 heteroatoms. The summed E-state index contributed by atoms with van der Waals surface area (Å²) in [5.74, 6) is -1.70. The molecule has 1 N–H and O–H groups in total. The summed E-state index contributed by atoms with van der Waals surface area (Å²) in [6.45, 7) is 2.39. The van der Waals surface area contributed by atoms with Gasteiger partial charge in [0.1, 0.15) is 6.54 Å². The first-order valence-corrected chi connectivity index (χ1v) is 6.15. The molecule has 0 aliphatic rings. The molecule has 19 heavy (non-hydrogen) atoms. The van der Waals surface area contributed by atoms with E-state index in [4.69, 9.17) is 14.6 Å². The highest BCUT2D eigenvalue weighted by atomic mass is 16.5. The molecule has 0 rings (SSSR count). The fourth-order valence-corrected chi connectivity index (χ4v) is 1.40. The summed E-state index contributed by atoms with van der Waals surface area (Å²) in [6.07, 6.45) is 0.277. The van der Waals surface area contributed by atoms with Crippen LogP contribution in [-0.4, -0.2) is 61.3 Å². The molecule has 0 radical (unpaired) electrons. The summed E-state index contributed by atoms with van der Waals surface area (Å²) < 4.78 is 9.64. The highest BCUT2D eigenvalue weighted by Crippen LogP contribution is 2.02. The van der Waals surface area contributed by atoms with Crippen molar-refractivity contribution in [3.63, 3.8) is 0 Å².